The van der Waals surface area contributed by atoms with Gasteiger partial charge in [0.05, 0.1) is 37.9 Å². The van der Waals surface area contributed by atoms with E-state index in [9.17, 15) is 9.59 Å². The van der Waals surface area contributed by atoms with Gasteiger partial charge < -0.3 is 9.47 Å². The number of amides is 1. The van der Waals surface area contributed by atoms with Gasteiger partial charge in [-0.25, -0.2) is 5.01 Å². The zero-order chi connectivity index (χ0) is 24.9. The van der Waals surface area contributed by atoms with Crippen LogP contribution in [0.2, 0.25) is 0 Å². The van der Waals surface area contributed by atoms with Crippen molar-refractivity contribution < 1.29 is 19.1 Å². The maximum absolute atomic E-state index is 13.6. The number of benzene rings is 2. The summed E-state index contributed by atoms with van der Waals surface area (Å²) in [7, 11) is 1.65. The zero-order valence-electron chi connectivity index (χ0n) is 21.1. The Morgan fingerprint density at radius 1 is 1.14 bits per heavy atom. The Balaban J connectivity index is 1.59. The van der Waals surface area contributed by atoms with E-state index in [0.717, 1.165) is 53.1 Å². The number of hydrogen-bond acceptors (Lipinski definition) is 6. The minimum atomic E-state index is -0.180. The summed E-state index contributed by atoms with van der Waals surface area (Å²) >= 11 is 0. The molecule has 0 unspecified atom stereocenters. The number of carbonyl (C=O) groups excluding carboxylic acids is 2. The smallest absolute Gasteiger partial charge is 0.310 e. The lowest BCUT2D eigenvalue weighted by Crippen LogP contribution is -2.44. The van der Waals surface area contributed by atoms with E-state index in [-0.39, 0.29) is 30.4 Å². The van der Waals surface area contributed by atoms with Crippen molar-refractivity contribution in [1.82, 2.24) is 9.91 Å². The third-order valence-electron chi connectivity index (χ3n) is 6.85. The van der Waals surface area contributed by atoms with E-state index in [1.54, 1.807) is 12.1 Å². The van der Waals surface area contributed by atoms with Crippen LogP contribution in [0.4, 0.5) is 0 Å². The molecule has 35 heavy (non-hydrogen) atoms. The number of carbonyl (C=O) groups is 2. The first-order chi connectivity index (χ1) is 16.9. The van der Waals surface area contributed by atoms with E-state index in [2.05, 4.69) is 36.9 Å². The van der Waals surface area contributed by atoms with E-state index >= 15 is 0 Å². The first kappa shape index (κ1) is 24.9. The Morgan fingerprint density at radius 3 is 2.74 bits per heavy atom. The maximum Gasteiger partial charge on any atom is 0.310 e. The number of rotatable bonds is 7. The number of esters is 1. The minimum absolute atomic E-state index is 0.0571. The molecule has 0 aliphatic carbocycles. The summed E-state index contributed by atoms with van der Waals surface area (Å²) in [5.74, 6) is 0.355. The molecule has 1 fully saturated rings. The lowest BCUT2D eigenvalue weighted by atomic mass is 9.93. The molecule has 0 radical (unpaired) electrons. The molecule has 2 aromatic rings. The van der Waals surface area contributed by atoms with Crippen LogP contribution in [0, 0.1) is 19.8 Å². The number of ether oxygens (including phenoxy) is 2. The third-order valence-corrected chi connectivity index (χ3v) is 6.85. The number of likely N-dealkylation sites (tertiary alicyclic amines) is 1. The first-order valence-electron chi connectivity index (χ1n) is 12.4. The maximum atomic E-state index is 13.6. The highest BCUT2D eigenvalue weighted by molar-refractivity contribution is 6.03. The van der Waals surface area contributed by atoms with Crippen LogP contribution < -0.4 is 4.74 Å². The quantitative estimate of drug-likeness (QED) is 0.557. The summed E-state index contributed by atoms with van der Waals surface area (Å²) in [6, 6.07) is 14.0. The van der Waals surface area contributed by atoms with Crippen LogP contribution in [0.3, 0.4) is 0 Å². The topological polar surface area (TPSA) is 71.4 Å². The molecule has 1 amide bonds. The number of nitrogens with zero attached hydrogens (tertiary/aromatic N) is 3. The number of hydrogen-bond donors (Lipinski definition) is 0. The molecule has 0 aromatic heterocycles. The Hall–Kier alpha value is -3.19. The van der Waals surface area contributed by atoms with Crippen molar-refractivity contribution in [2.24, 2.45) is 11.0 Å². The van der Waals surface area contributed by atoms with Crippen molar-refractivity contribution in [2.45, 2.75) is 46.1 Å². The van der Waals surface area contributed by atoms with Gasteiger partial charge in [0.2, 0.25) is 0 Å². The molecule has 7 heteroatoms. The fraction of sp³-hybridized carbons (Fsp3) is 0.464. The number of piperidine rings is 1. The van der Waals surface area contributed by atoms with E-state index < -0.39 is 0 Å². The highest BCUT2D eigenvalue weighted by Crippen LogP contribution is 2.35. The highest BCUT2D eigenvalue weighted by atomic mass is 16.5. The van der Waals surface area contributed by atoms with Crippen LogP contribution in [0.25, 0.3) is 0 Å². The van der Waals surface area contributed by atoms with Gasteiger partial charge >= 0.3 is 5.97 Å². The van der Waals surface area contributed by atoms with Gasteiger partial charge in [-0.05, 0) is 63.4 Å². The second kappa shape index (κ2) is 11.0. The molecule has 2 atom stereocenters. The lowest BCUT2D eigenvalue weighted by molar-refractivity contribution is -0.150. The fourth-order valence-electron chi connectivity index (χ4n) is 4.99. The fourth-order valence-corrected chi connectivity index (χ4v) is 4.99. The molecular weight excluding hydrogens is 442 g/mol. The van der Waals surface area contributed by atoms with Crippen LogP contribution in [0.15, 0.2) is 47.6 Å². The summed E-state index contributed by atoms with van der Waals surface area (Å²) in [4.78, 5) is 28.0. The van der Waals surface area contributed by atoms with Crippen molar-refractivity contribution in [3.63, 3.8) is 0 Å². The Morgan fingerprint density at radius 2 is 1.97 bits per heavy atom. The van der Waals surface area contributed by atoms with E-state index in [1.165, 1.54) is 0 Å². The third kappa shape index (κ3) is 5.73. The predicted octanol–water partition coefficient (Wildman–Crippen LogP) is 4.26. The standard InChI is InChI=1S/C28H35N3O4/c1-5-35-28(33)22-9-7-13-30(17-22)18-27(32)31-26(24-14-19(2)11-12-20(24)3)16-25(29-31)21-8-6-10-23(15-21)34-4/h6,8,10-12,14-15,22,26H,5,7,9,13,16-18H2,1-4H3/t22-,26-/m1/s1. The molecule has 1 saturated heterocycles. The molecular formula is C28H35N3O4. The van der Waals surface area contributed by atoms with Gasteiger partial charge in [-0.1, -0.05) is 35.9 Å². The molecule has 0 spiro atoms. The van der Waals surface area contributed by atoms with Crippen LogP contribution in [0.1, 0.15) is 54.5 Å². The average molecular weight is 478 g/mol. The average Bonchev–Trinajstić information content (AvgIpc) is 3.31. The van der Waals surface area contributed by atoms with Gasteiger partial charge in [0.15, 0.2) is 0 Å². The van der Waals surface area contributed by atoms with Crippen molar-refractivity contribution in [1.29, 1.82) is 0 Å². The monoisotopic (exact) mass is 477 g/mol. The van der Waals surface area contributed by atoms with Crippen LogP contribution in [0.5, 0.6) is 5.75 Å². The van der Waals surface area contributed by atoms with Crippen LogP contribution in [-0.2, 0) is 14.3 Å². The van der Waals surface area contributed by atoms with Gasteiger partial charge in [0.25, 0.3) is 5.91 Å². The zero-order valence-corrected chi connectivity index (χ0v) is 21.1. The van der Waals surface area contributed by atoms with Gasteiger partial charge in [-0.3, -0.25) is 14.5 Å². The summed E-state index contributed by atoms with van der Waals surface area (Å²) in [5, 5.41) is 6.50. The summed E-state index contributed by atoms with van der Waals surface area (Å²) in [6.45, 7) is 7.90. The first-order valence-corrected chi connectivity index (χ1v) is 12.4. The SMILES string of the molecule is CCOC(=O)[C@@H]1CCCN(CC(=O)N2N=C(c3cccc(OC)c3)C[C@@H]2c2cc(C)ccc2C)C1. The molecule has 186 valence electrons. The molecule has 0 N–H and O–H groups in total. The largest absolute Gasteiger partial charge is 0.497 e. The summed E-state index contributed by atoms with van der Waals surface area (Å²) < 4.78 is 10.6. The lowest BCUT2D eigenvalue weighted by Gasteiger charge is -2.32. The van der Waals surface area contributed by atoms with Gasteiger partial charge in [-0.2, -0.15) is 5.10 Å². The van der Waals surface area contributed by atoms with Gasteiger partial charge in [-0.15, -0.1) is 0 Å². The second-order valence-electron chi connectivity index (χ2n) is 9.42. The Labute approximate surface area is 207 Å². The molecule has 0 bridgehead atoms. The molecule has 4 rings (SSSR count). The molecule has 2 aliphatic rings. The second-order valence-corrected chi connectivity index (χ2v) is 9.42. The van der Waals surface area contributed by atoms with E-state index in [4.69, 9.17) is 14.6 Å². The molecule has 2 aromatic carbocycles. The van der Waals surface area contributed by atoms with Crippen LogP contribution >= 0.6 is 0 Å². The van der Waals surface area contributed by atoms with Crippen molar-refractivity contribution in [3.05, 3.63) is 64.7 Å². The Kier molecular flexibility index (Phi) is 7.86. The predicted molar refractivity (Wildman–Crippen MR) is 135 cm³/mol. The highest BCUT2D eigenvalue weighted by Gasteiger charge is 2.36. The van der Waals surface area contributed by atoms with Gasteiger partial charge in [0.1, 0.15) is 5.75 Å². The summed E-state index contributed by atoms with van der Waals surface area (Å²) in [6.07, 6.45) is 2.31. The van der Waals surface area contributed by atoms with Crippen LogP contribution in [-0.4, -0.2) is 60.8 Å². The Bertz CT molecular complexity index is 1110. The molecule has 2 aliphatic heterocycles. The molecule has 0 saturated carbocycles. The van der Waals surface area contributed by atoms with E-state index in [1.807, 2.05) is 31.2 Å². The van der Waals surface area contributed by atoms with Crippen molar-refractivity contribution in [2.75, 3.05) is 33.4 Å². The van der Waals surface area contributed by atoms with Crippen molar-refractivity contribution in [3.8, 4) is 5.75 Å². The van der Waals surface area contributed by atoms with Crippen molar-refractivity contribution >= 4 is 17.6 Å². The van der Waals surface area contributed by atoms with Gasteiger partial charge in [0, 0.05) is 18.5 Å². The van der Waals surface area contributed by atoms with E-state index in [0.29, 0.717) is 19.6 Å². The molecule has 2 heterocycles. The minimum Gasteiger partial charge on any atom is -0.497 e. The number of methoxy groups -OCH3 is 1. The summed E-state index contributed by atoms with van der Waals surface area (Å²) in [5.41, 5.74) is 5.23. The number of aryl methyl sites for hydroxylation is 2. The number of hydrazone groups is 1. The molecule has 7 nitrogen and oxygen atoms in total. The normalized spacial score (nSPS) is 20.5.